The van der Waals surface area contributed by atoms with Gasteiger partial charge in [-0.2, -0.15) is 0 Å². The molecule has 1 fully saturated rings. The first-order valence-corrected chi connectivity index (χ1v) is 7.88. The highest BCUT2D eigenvalue weighted by Gasteiger charge is 2.44. The normalized spacial score (nSPS) is 19.0. The Morgan fingerprint density at radius 3 is 2.04 bits per heavy atom. The minimum Gasteiger partial charge on any atom is -0.480 e. The maximum atomic E-state index is 12.9. The molecule has 0 saturated heterocycles. The van der Waals surface area contributed by atoms with Gasteiger partial charge in [-0.1, -0.05) is 49.6 Å². The molecule has 24 heavy (non-hydrogen) atoms. The van der Waals surface area contributed by atoms with E-state index >= 15 is 0 Å². The Bertz CT molecular complexity index is 609. The third-order valence-electron chi connectivity index (χ3n) is 4.59. The number of benzene rings is 1. The van der Waals surface area contributed by atoms with Crippen LogP contribution in [0.2, 0.25) is 0 Å². The summed E-state index contributed by atoms with van der Waals surface area (Å²) in [6.45, 7) is 0. The maximum Gasteiger partial charge on any atom is 0.335 e. The Balaban J connectivity index is 2.31. The molecule has 7 nitrogen and oxygen atoms in total. The van der Waals surface area contributed by atoms with Crippen LogP contribution in [0.15, 0.2) is 30.3 Å². The third-order valence-corrected chi connectivity index (χ3v) is 4.59. The van der Waals surface area contributed by atoms with Gasteiger partial charge in [0.05, 0.1) is 5.41 Å². The van der Waals surface area contributed by atoms with Gasteiger partial charge in [0.1, 0.15) is 0 Å². The summed E-state index contributed by atoms with van der Waals surface area (Å²) in [4.78, 5) is 35.0. The van der Waals surface area contributed by atoms with E-state index in [0.29, 0.717) is 12.8 Å². The molecule has 1 aromatic rings. The molecule has 7 heteroatoms. The molecule has 2 rings (SSSR count). The molecule has 0 bridgehead atoms. The van der Waals surface area contributed by atoms with E-state index in [1.807, 2.05) is 18.2 Å². The van der Waals surface area contributed by atoms with Gasteiger partial charge in [-0.25, -0.2) is 9.59 Å². The highest BCUT2D eigenvalue weighted by atomic mass is 16.4. The fraction of sp³-hybridized carbons (Fsp3) is 0.471. The fourth-order valence-corrected chi connectivity index (χ4v) is 3.26. The van der Waals surface area contributed by atoms with Gasteiger partial charge < -0.3 is 20.6 Å². The molecule has 0 heterocycles. The molecule has 0 aliphatic heterocycles. The second kappa shape index (κ2) is 7.44. The largest absolute Gasteiger partial charge is 0.480 e. The SMILES string of the molecule is O=C(O)C(O)[C@H](NC(=O)C1(c2ccccc2)CCCCC1)C(=O)O. The molecular weight excluding hydrogens is 314 g/mol. The van der Waals surface area contributed by atoms with Gasteiger partial charge >= 0.3 is 11.9 Å². The summed E-state index contributed by atoms with van der Waals surface area (Å²) in [6.07, 6.45) is 1.53. The van der Waals surface area contributed by atoms with Crippen molar-refractivity contribution >= 4 is 17.8 Å². The van der Waals surface area contributed by atoms with Crippen LogP contribution in [0.25, 0.3) is 0 Å². The molecule has 1 amide bonds. The minimum atomic E-state index is -2.21. The van der Waals surface area contributed by atoms with Gasteiger partial charge in [0.2, 0.25) is 5.91 Å². The quantitative estimate of drug-likeness (QED) is 0.612. The molecule has 1 aromatic carbocycles. The summed E-state index contributed by atoms with van der Waals surface area (Å²) in [5.41, 5.74) is -0.123. The molecule has 1 saturated carbocycles. The molecule has 0 spiro atoms. The summed E-state index contributed by atoms with van der Waals surface area (Å²) in [5, 5.41) is 29.8. The van der Waals surface area contributed by atoms with E-state index in [-0.39, 0.29) is 0 Å². The van der Waals surface area contributed by atoms with Crippen LogP contribution < -0.4 is 5.32 Å². The Kier molecular flexibility index (Phi) is 5.56. The summed E-state index contributed by atoms with van der Waals surface area (Å²) in [5.74, 6) is -3.83. The molecule has 1 aliphatic carbocycles. The van der Waals surface area contributed by atoms with Crippen LogP contribution >= 0.6 is 0 Å². The van der Waals surface area contributed by atoms with Gasteiger partial charge in [-0.05, 0) is 18.4 Å². The highest BCUT2D eigenvalue weighted by Crippen LogP contribution is 2.39. The molecule has 130 valence electrons. The van der Waals surface area contributed by atoms with Gasteiger partial charge in [0, 0.05) is 0 Å². The lowest BCUT2D eigenvalue weighted by atomic mass is 9.68. The fourth-order valence-electron chi connectivity index (χ4n) is 3.26. The summed E-state index contributed by atoms with van der Waals surface area (Å²) >= 11 is 0. The number of nitrogens with one attached hydrogen (secondary N) is 1. The number of amides is 1. The zero-order valence-electron chi connectivity index (χ0n) is 13.1. The molecule has 0 radical (unpaired) electrons. The zero-order valence-corrected chi connectivity index (χ0v) is 13.1. The Hall–Kier alpha value is -2.41. The van der Waals surface area contributed by atoms with Gasteiger partial charge in [-0.15, -0.1) is 0 Å². The standard InChI is InChI=1S/C17H21NO6/c19-13(15(22)23)12(14(20)21)18-16(24)17(9-5-2-6-10-17)11-7-3-1-4-8-11/h1,3-4,7-8,12-13,19H,2,5-6,9-10H2,(H,18,24)(H,20,21)(H,22,23)/t12-,13?/m0/s1. The van der Waals surface area contributed by atoms with Crippen LogP contribution in [-0.4, -0.2) is 45.3 Å². The number of carbonyl (C=O) groups is 3. The number of aliphatic hydroxyl groups is 1. The van der Waals surface area contributed by atoms with E-state index in [0.717, 1.165) is 24.8 Å². The van der Waals surface area contributed by atoms with Crippen molar-refractivity contribution in [3.05, 3.63) is 35.9 Å². The van der Waals surface area contributed by atoms with E-state index < -0.39 is 35.4 Å². The molecular formula is C17H21NO6. The number of carboxylic acids is 2. The first kappa shape index (κ1) is 17.9. The number of aliphatic carboxylic acids is 2. The average Bonchev–Trinajstić information content (AvgIpc) is 2.59. The van der Waals surface area contributed by atoms with E-state index in [1.54, 1.807) is 12.1 Å². The molecule has 1 aliphatic rings. The summed E-state index contributed by atoms with van der Waals surface area (Å²) in [6, 6.07) is 7.17. The Morgan fingerprint density at radius 1 is 0.958 bits per heavy atom. The lowest BCUT2D eigenvalue weighted by molar-refractivity contribution is -0.157. The lowest BCUT2D eigenvalue weighted by Crippen LogP contribution is -2.57. The van der Waals surface area contributed by atoms with Crippen molar-refractivity contribution in [3.63, 3.8) is 0 Å². The van der Waals surface area contributed by atoms with Crippen molar-refractivity contribution in [2.45, 2.75) is 49.7 Å². The van der Waals surface area contributed by atoms with Crippen molar-refractivity contribution in [2.24, 2.45) is 0 Å². The van der Waals surface area contributed by atoms with E-state index in [1.165, 1.54) is 0 Å². The monoisotopic (exact) mass is 335 g/mol. The van der Waals surface area contributed by atoms with Crippen molar-refractivity contribution in [3.8, 4) is 0 Å². The number of rotatable bonds is 6. The van der Waals surface area contributed by atoms with Crippen molar-refractivity contribution < 1.29 is 29.7 Å². The predicted octanol–water partition coefficient (Wildman–Crippen LogP) is 0.903. The topological polar surface area (TPSA) is 124 Å². The average molecular weight is 335 g/mol. The molecule has 0 aromatic heterocycles. The first-order valence-electron chi connectivity index (χ1n) is 7.88. The van der Waals surface area contributed by atoms with E-state index in [9.17, 15) is 19.5 Å². The van der Waals surface area contributed by atoms with Crippen molar-refractivity contribution in [1.29, 1.82) is 0 Å². The van der Waals surface area contributed by atoms with Crippen LogP contribution in [0, 0.1) is 0 Å². The zero-order chi connectivity index (χ0) is 17.7. The van der Waals surface area contributed by atoms with Crippen LogP contribution in [-0.2, 0) is 19.8 Å². The van der Waals surface area contributed by atoms with Gasteiger partial charge in [0.25, 0.3) is 0 Å². The van der Waals surface area contributed by atoms with Gasteiger partial charge in [0.15, 0.2) is 12.1 Å². The smallest absolute Gasteiger partial charge is 0.335 e. The summed E-state index contributed by atoms with van der Waals surface area (Å²) in [7, 11) is 0. The van der Waals surface area contributed by atoms with Crippen molar-refractivity contribution in [2.75, 3.05) is 0 Å². The highest BCUT2D eigenvalue weighted by molar-refractivity contribution is 5.94. The van der Waals surface area contributed by atoms with Crippen molar-refractivity contribution in [1.82, 2.24) is 5.32 Å². The van der Waals surface area contributed by atoms with Gasteiger partial charge in [-0.3, -0.25) is 4.79 Å². The lowest BCUT2D eigenvalue weighted by Gasteiger charge is -2.37. The third kappa shape index (κ3) is 3.56. The number of aliphatic hydroxyl groups excluding tert-OH is 1. The number of hydrogen-bond donors (Lipinski definition) is 4. The Morgan fingerprint density at radius 2 is 1.54 bits per heavy atom. The predicted molar refractivity (Wildman–Crippen MR) is 84.4 cm³/mol. The molecule has 2 atom stereocenters. The second-order valence-electron chi connectivity index (χ2n) is 6.08. The van der Waals surface area contributed by atoms with Crippen LogP contribution in [0.3, 0.4) is 0 Å². The number of carboxylic acid groups (broad SMARTS) is 2. The second-order valence-corrected chi connectivity index (χ2v) is 6.08. The Labute approximate surface area is 139 Å². The van der Waals surface area contributed by atoms with Crippen LogP contribution in [0.5, 0.6) is 0 Å². The van der Waals surface area contributed by atoms with E-state index in [4.69, 9.17) is 10.2 Å². The van der Waals surface area contributed by atoms with E-state index in [2.05, 4.69) is 5.32 Å². The minimum absolute atomic E-state index is 0.554. The number of carbonyl (C=O) groups excluding carboxylic acids is 1. The maximum absolute atomic E-state index is 12.9. The molecule has 4 N–H and O–H groups in total. The summed E-state index contributed by atoms with van der Waals surface area (Å²) < 4.78 is 0. The number of hydrogen-bond acceptors (Lipinski definition) is 4. The molecule has 1 unspecified atom stereocenters. The van der Waals surface area contributed by atoms with Crippen LogP contribution in [0.1, 0.15) is 37.7 Å². The van der Waals surface area contributed by atoms with Crippen LogP contribution in [0.4, 0.5) is 0 Å². The first-order chi connectivity index (χ1) is 11.4.